The highest BCUT2D eigenvalue weighted by Crippen LogP contribution is 2.30. The molecular weight excluding hydrogens is 240 g/mol. The molecule has 1 heterocycles. The lowest BCUT2D eigenvalue weighted by Gasteiger charge is -2.14. The largest absolute Gasteiger partial charge is 0.481 e. The molecule has 5 heteroatoms. The second-order valence-corrected chi connectivity index (χ2v) is 3.96. The molecule has 0 amide bonds. The lowest BCUT2D eigenvalue weighted by Crippen LogP contribution is -2.09. The SMILES string of the molecule is O=C(O)CC(c1cc[nH]c1)c1ccc(F)cc1F. The molecule has 0 radical (unpaired) electrons. The zero-order valence-electron chi connectivity index (χ0n) is 9.36. The van der Waals surface area contributed by atoms with E-state index in [1.807, 2.05) is 0 Å². The third kappa shape index (κ3) is 2.56. The van der Waals surface area contributed by atoms with Crippen LogP contribution in [0.5, 0.6) is 0 Å². The standard InChI is InChI=1S/C13H11F2NO2/c14-9-1-2-10(12(15)5-9)11(6-13(17)18)8-3-4-16-7-8/h1-5,7,11,16H,6H2,(H,17,18). The third-order valence-electron chi connectivity index (χ3n) is 2.74. The first-order valence-electron chi connectivity index (χ1n) is 5.37. The monoisotopic (exact) mass is 251 g/mol. The zero-order valence-corrected chi connectivity index (χ0v) is 9.36. The van der Waals surface area contributed by atoms with Gasteiger partial charge in [0.2, 0.25) is 0 Å². The third-order valence-corrected chi connectivity index (χ3v) is 2.74. The van der Waals surface area contributed by atoms with Crippen molar-refractivity contribution in [1.82, 2.24) is 4.98 Å². The van der Waals surface area contributed by atoms with Crippen LogP contribution in [0.2, 0.25) is 0 Å². The van der Waals surface area contributed by atoms with Crippen LogP contribution in [0.3, 0.4) is 0 Å². The maximum atomic E-state index is 13.7. The van der Waals surface area contributed by atoms with Gasteiger partial charge in [-0.15, -0.1) is 0 Å². The predicted octanol–water partition coefficient (Wildman–Crippen LogP) is 2.90. The summed E-state index contributed by atoms with van der Waals surface area (Å²) in [5.41, 5.74) is 0.835. The lowest BCUT2D eigenvalue weighted by molar-refractivity contribution is -0.137. The van der Waals surface area contributed by atoms with Crippen molar-refractivity contribution < 1.29 is 18.7 Å². The first kappa shape index (κ1) is 12.3. The molecule has 0 bridgehead atoms. The minimum Gasteiger partial charge on any atom is -0.481 e. The normalized spacial score (nSPS) is 12.3. The highest BCUT2D eigenvalue weighted by atomic mass is 19.1. The average Bonchev–Trinajstić information content (AvgIpc) is 2.79. The summed E-state index contributed by atoms with van der Waals surface area (Å²) in [5.74, 6) is -3.08. The minimum atomic E-state index is -1.04. The fourth-order valence-corrected chi connectivity index (χ4v) is 1.92. The van der Waals surface area contributed by atoms with Gasteiger partial charge in [-0.2, -0.15) is 0 Å². The molecule has 2 N–H and O–H groups in total. The van der Waals surface area contributed by atoms with Crippen LogP contribution in [0.1, 0.15) is 23.5 Å². The molecule has 1 unspecified atom stereocenters. The smallest absolute Gasteiger partial charge is 0.304 e. The number of aromatic amines is 1. The molecule has 1 atom stereocenters. The van der Waals surface area contributed by atoms with E-state index in [1.165, 1.54) is 6.07 Å². The van der Waals surface area contributed by atoms with Gasteiger partial charge in [-0.3, -0.25) is 4.79 Å². The van der Waals surface area contributed by atoms with E-state index in [0.29, 0.717) is 5.56 Å². The Kier molecular flexibility index (Phi) is 3.41. The molecule has 94 valence electrons. The van der Waals surface area contributed by atoms with Crippen LogP contribution in [-0.4, -0.2) is 16.1 Å². The highest BCUT2D eigenvalue weighted by molar-refractivity contribution is 5.69. The van der Waals surface area contributed by atoms with Gasteiger partial charge in [0.05, 0.1) is 6.42 Å². The molecule has 2 aromatic rings. The van der Waals surface area contributed by atoms with Gasteiger partial charge in [0.25, 0.3) is 0 Å². The quantitative estimate of drug-likeness (QED) is 0.877. The molecule has 2 rings (SSSR count). The Hall–Kier alpha value is -2.17. The van der Waals surface area contributed by atoms with Crippen molar-refractivity contribution in [1.29, 1.82) is 0 Å². The molecule has 1 aromatic carbocycles. The maximum absolute atomic E-state index is 13.7. The number of H-pyrrole nitrogens is 1. The Bertz CT molecular complexity index is 552. The maximum Gasteiger partial charge on any atom is 0.304 e. The Balaban J connectivity index is 2.43. The number of carboxylic acids is 1. The summed E-state index contributed by atoms with van der Waals surface area (Å²) < 4.78 is 26.6. The number of hydrogen-bond acceptors (Lipinski definition) is 1. The summed E-state index contributed by atoms with van der Waals surface area (Å²) in [4.78, 5) is 13.6. The number of hydrogen-bond donors (Lipinski definition) is 2. The summed E-state index contributed by atoms with van der Waals surface area (Å²) >= 11 is 0. The van der Waals surface area contributed by atoms with Crippen molar-refractivity contribution >= 4 is 5.97 Å². The Morgan fingerprint density at radius 2 is 2.11 bits per heavy atom. The van der Waals surface area contributed by atoms with Gasteiger partial charge in [0, 0.05) is 24.4 Å². The molecule has 0 saturated carbocycles. The topological polar surface area (TPSA) is 53.1 Å². The molecular formula is C13H11F2NO2. The van der Waals surface area contributed by atoms with Gasteiger partial charge in [0.15, 0.2) is 0 Å². The molecule has 0 fully saturated rings. The van der Waals surface area contributed by atoms with Crippen LogP contribution in [0, 0.1) is 11.6 Å². The number of halogens is 2. The number of carbonyl (C=O) groups is 1. The van der Waals surface area contributed by atoms with E-state index in [1.54, 1.807) is 18.5 Å². The fourth-order valence-electron chi connectivity index (χ4n) is 1.92. The predicted molar refractivity (Wildman–Crippen MR) is 61.2 cm³/mol. The van der Waals surface area contributed by atoms with E-state index in [-0.39, 0.29) is 12.0 Å². The first-order valence-corrected chi connectivity index (χ1v) is 5.37. The fraction of sp³-hybridized carbons (Fsp3) is 0.154. The average molecular weight is 251 g/mol. The van der Waals surface area contributed by atoms with Crippen LogP contribution < -0.4 is 0 Å². The first-order chi connectivity index (χ1) is 8.58. The van der Waals surface area contributed by atoms with Crippen LogP contribution in [0.4, 0.5) is 8.78 Å². The number of aromatic nitrogens is 1. The van der Waals surface area contributed by atoms with Gasteiger partial charge in [-0.25, -0.2) is 8.78 Å². The van der Waals surface area contributed by atoms with Gasteiger partial charge in [-0.1, -0.05) is 6.07 Å². The highest BCUT2D eigenvalue weighted by Gasteiger charge is 2.21. The molecule has 0 aliphatic carbocycles. The Morgan fingerprint density at radius 3 is 2.67 bits per heavy atom. The van der Waals surface area contributed by atoms with Gasteiger partial charge in [0.1, 0.15) is 11.6 Å². The van der Waals surface area contributed by atoms with Crippen molar-refractivity contribution in [2.75, 3.05) is 0 Å². The summed E-state index contributed by atoms with van der Waals surface area (Å²) in [6.07, 6.45) is 2.99. The van der Waals surface area contributed by atoms with Gasteiger partial charge < -0.3 is 10.1 Å². The van der Waals surface area contributed by atoms with Crippen LogP contribution in [-0.2, 0) is 4.79 Å². The molecule has 0 aliphatic heterocycles. The van der Waals surface area contributed by atoms with E-state index in [9.17, 15) is 13.6 Å². The molecule has 18 heavy (non-hydrogen) atoms. The number of rotatable bonds is 4. The van der Waals surface area contributed by atoms with Gasteiger partial charge in [-0.05, 0) is 23.3 Å². The molecule has 0 saturated heterocycles. The van der Waals surface area contributed by atoms with E-state index < -0.39 is 23.5 Å². The van der Waals surface area contributed by atoms with E-state index in [2.05, 4.69) is 4.98 Å². The number of benzene rings is 1. The summed E-state index contributed by atoms with van der Waals surface area (Å²) in [6, 6.07) is 4.85. The lowest BCUT2D eigenvalue weighted by atomic mass is 9.90. The van der Waals surface area contributed by atoms with E-state index in [0.717, 1.165) is 12.1 Å². The van der Waals surface area contributed by atoms with Crippen LogP contribution in [0.25, 0.3) is 0 Å². The van der Waals surface area contributed by atoms with Crippen molar-refractivity contribution in [3.8, 4) is 0 Å². The van der Waals surface area contributed by atoms with Crippen LogP contribution in [0.15, 0.2) is 36.7 Å². The van der Waals surface area contributed by atoms with E-state index in [4.69, 9.17) is 5.11 Å². The van der Waals surface area contributed by atoms with Crippen LogP contribution >= 0.6 is 0 Å². The van der Waals surface area contributed by atoms with Crippen molar-refractivity contribution in [2.24, 2.45) is 0 Å². The van der Waals surface area contributed by atoms with Crippen molar-refractivity contribution in [3.63, 3.8) is 0 Å². The summed E-state index contributed by atoms with van der Waals surface area (Å²) in [6.45, 7) is 0. The molecule has 3 nitrogen and oxygen atoms in total. The summed E-state index contributed by atoms with van der Waals surface area (Å²) in [5, 5.41) is 8.88. The van der Waals surface area contributed by atoms with E-state index >= 15 is 0 Å². The second-order valence-electron chi connectivity index (χ2n) is 3.96. The van der Waals surface area contributed by atoms with Gasteiger partial charge >= 0.3 is 5.97 Å². The number of nitrogens with one attached hydrogen (secondary N) is 1. The zero-order chi connectivity index (χ0) is 13.1. The number of aliphatic carboxylic acids is 1. The van der Waals surface area contributed by atoms with Crippen molar-refractivity contribution in [3.05, 3.63) is 59.4 Å². The van der Waals surface area contributed by atoms with Crippen molar-refractivity contribution in [2.45, 2.75) is 12.3 Å². The molecule has 1 aromatic heterocycles. The molecule has 0 aliphatic rings. The molecule has 0 spiro atoms. The number of carboxylic acid groups (broad SMARTS) is 1. The Morgan fingerprint density at radius 1 is 1.33 bits per heavy atom. The second kappa shape index (κ2) is 5.00. The Labute approximate surface area is 102 Å². The minimum absolute atomic E-state index is 0.179. The summed E-state index contributed by atoms with van der Waals surface area (Å²) in [7, 11) is 0.